The van der Waals surface area contributed by atoms with Gasteiger partial charge in [-0.15, -0.1) is 0 Å². The van der Waals surface area contributed by atoms with Crippen molar-refractivity contribution in [2.45, 2.75) is 13.5 Å². The zero-order valence-electron chi connectivity index (χ0n) is 11.1. The Bertz CT molecular complexity index is 719. The molecule has 0 aliphatic heterocycles. The number of nitrogens with two attached hydrogens (primary N) is 1. The maximum atomic E-state index is 11.5. The van der Waals surface area contributed by atoms with Crippen molar-refractivity contribution in [1.29, 1.82) is 5.26 Å². The zero-order valence-corrected chi connectivity index (χ0v) is 12.7. The Balaban J connectivity index is 2.14. The van der Waals surface area contributed by atoms with Gasteiger partial charge in [-0.25, -0.2) is 5.84 Å². The SMILES string of the molecule is Cc1oc(COc2ccc(Br)cc2C#N)cc1C(=O)NN. The van der Waals surface area contributed by atoms with Crippen LogP contribution in [0.4, 0.5) is 0 Å². The van der Waals surface area contributed by atoms with Crippen LogP contribution in [0.15, 0.2) is 33.2 Å². The molecule has 0 radical (unpaired) electrons. The maximum absolute atomic E-state index is 11.5. The van der Waals surface area contributed by atoms with Gasteiger partial charge in [-0.2, -0.15) is 5.26 Å². The first-order valence-electron chi connectivity index (χ1n) is 5.98. The Morgan fingerprint density at radius 3 is 2.95 bits per heavy atom. The Hall–Kier alpha value is -2.30. The van der Waals surface area contributed by atoms with Crippen molar-refractivity contribution < 1.29 is 13.9 Å². The number of aryl methyl sites for hydroxylation is 1. The van der Waals surface area contributed by atoms with Crippen molar-refractivity contribution in [2.75, 3.05) is 0 Å². The van der Waals surface area contributed by atoms with Gasteiger partial charge < -0.3 is 9.15 Å². The van der Waals surface area contributed by atoms with Gasteiger partial charge >= 0.3 is 0 Å². The Morgan fingerprint density at radius 2 is 2.29 bits per heavy atom. The zero-order chi connectivity index (χ0) is 15.4. The van der Waals surface area contributed by atoms with Crippen molar-refractivity contribution in [3.05, 3.63) is 51.4 Å². The number of nitrogens with zero attached hydrogens (tertiary/aromatic N) is 1. The van der Waals surface area contributed by atoms with Crippen LogP contribution in [0.3, 0.4) is 0 Å². The smallest absolute Gasteiger partial charge is 0.268 e. The highest BCUT2D eigenvalue weighted by atomic mass is 79.9. The lowest BCUT2D eigenvalue weighted by molar-refractivity contribution is 0.0952. The lowest BCUT2D eigenvalue weighted by atomic mass is 10.2. The molecule has 2 rings (SSSR count). The van der Waals surface area contributed by atoms with Gasteiger partial charge in [-0.1, -0.05) is 15.9 Å². The topological polar surface area (TPSA) is 101 Å². The molecule has 21 heavy (non-hydrogen) atoms. The lowest BCUT2D eigenvalue weighted by Gasteiger charge is -2.06. The van der Waals surface area contributed by atoms with E-state index in [1.807, 2.05) is 5.43 Å². The number of nitrogen functional groups attached to an aromatic ring is 1. The number of hydrogen-bond acceptors (Lipinski definition) is 5. The fraction of sp³-hybridized carbons (Fsp3) is 0.143. The van der Waals surface area contributed by atoms with E-state index in [9.17, 15) is 4.79 Å². The molecule has 0 saturated heterocycles. The van der Waals surface area contributed by atoms with E-state index < -0.39 is 5.91 Å². The minimum Gasteiger partial charge on any atom is -0.484 e. The molecule has 0 atom stereocenters. The molecule has 6 nitrogen and oxygen atoms in total. The monoisotopic (exact) mass is 349 g/mol. The van der Waals surface area contributed by atoms with Crippen LogP contribution in [0, 0.1) is 18.3 Å². The number of carbonyl (C=O) groups is 1. The van der Waals surface area contributed by atoms with Gasteiger partial charge in [0.15, 0.2) is 0 Å². The molecule has 0 bridgehead atoms. The number of nitrogens with one attached hydrogen (secondary N) is 1. The molecule has 1 amide bonds. The Labute approximate surface area is 129 Å². The number of benzene rings is 1. The number of hydrazine groups is 1. The molecule has 1 heterocycles. The molecule has 0 unspecified atom stereocenters. The minimum absolute atomic E-state index is 0.106. The van der Waals surface area contributed by atoms with E-state index in [-0.39, 0.29) is 6.61 Å². The second-order valence-electron chi connectivity index (χ2n) is 4.20. The van der Waals surface area contributed by atoms with Gasteiger partial charge in [0, 0.05) is 4.47 Å². The maximum Gasteiger partial charge on any atom is 0.268 e. The molecule has 0 fully saturated rings. The summed E-state index contributed by atoms with van der Waals surface area (Å²) in [4.78, 5) is 11.5. The van der Waals surface area contributed by atoms with Crippen LogP contribution >= 0.6 is 15.9 Å². The van der Waals surface area contributed by atoms with Gasteiger partial charge in [0.05, 0.1) is 11.1 Å². The van der Waals surface area contributed by atoms with Crippen LogP contribution in [0.25, 0.3) is 0 Å². The summed E-state index contributed by atoms with van der Waals surface area (Å²) in [5.41, 5.74) is 2.81. The number of ether oxygens (including phenoxy) is 1. The molecular formula is C14H12BrN3O3. The van der Waals surface area contributed by atoms with E-state index in [2.05, 4.69) is 22.0 Å². The molecule has 0 spiro atoms. The highest BCUT2D eigenvalue weighted by Crippen LogP contribution is 2.24. The highest BCUT2D eigenvalue weighted by Gasteiger charge is 2.14. The van der Waals surface area contributed by atoms with Gasteiger partial charge in [0.2, 0.25) is 0 Å². The molecule has 2 aromatic rings. The number of furan rings is 1. The quantitative estimate of drug-likeness (QED) is 0.501. The van der Waals surface area contributed by atoms with E-state index in [0.717, 1.165) is 4.47 Å². The van der Waals surface area contributed by atoms with Crippen molar-refractivity contribution in [3.63, 3.8) is 0 Å². The largest absolute Gasteiger partial charge is 0.484 e. The number of hydrogen-bond donors (Lipinski definition) is 2. The van der Waals surface area contributed by atoms with Crippen LogP contribution in [-0.2, 0) is 6.61 Å². The number of nitriles is 1. The average molecular weight is 350 g/mol. The number of halogens is 1. The van der Waals surface area contributed by atoms with Crippen LogP contribution < -0.4 is 16.0 Å². The number of carbonyl (C=O) groups excluding carboxylic acids is 1. The van der Waals surface area contributed by atoms with E-state index in [4.69, 9.17) is 20.3 Å². The standard InChI is InChI=1S/C14H12BrN3O3/c1-8-12(14(19)18-17)5-11(21-8)7-20-13-3-2-10(15)4-9(13)6-16/h2-5H,7,17H2,1H3,(H,18,19). The summed E-state index contributed by atoms with van der Waals surface area (Å²) in [6.45, 7) is 1.77. The van der Waals surface area contributed by atoms with E-state index in [0.29, 0.717) is 28.4 Å². The van der Waals surface area contributed by atoms with Crippen molar-refractivity contribution >= 4 is 21.8 Å². The summed E-state index contributed by atoms with van der Waals surface area (Å²) in [7, 11) is 0. The van der Waals surface area contributed by atoms with E-state index in [1.54, 1.807) is 31.2 Å². The second-order valence-corrected chi connectivity index (χ2v) is 5.11. The molecular weight excluding hydrogens is 338 g/mol. The summed E-state index contributed by atoms with van der Waals surface area (Å²) in [6, 6.07) is 8.73. The van der Waals surface area contributed by atoms with Gasteiger partial charge in [0.1, 0.15) is 29.9 Å². The lowest BCUT2D eigenvalue weighted by Crippen LogP contribution is -2.30. The molecule has 7 heteroatoms. The number of amides is 1. The molecule has 108 valence electrons. The molecule has 0 aliphatic rings. The first kappa shape index (κ1) is 15.1. The minimum atomic E-state index is -0.427. The van der Waals surface area contributed by atoms with E-state index >= 15 is 0 Å². The van der Waals surface area contributed by atoms with Crippen molar-refractivity contribution in [3.8, 4) is 11.8 Å². The summed E-state index contributed by atoms with van der Waals surface area (Å²) < 4.78 is 11.8. The Kier molecular flexibility index (Phi) is 4.62. The summed E-state index contributed by atoms with van der Waals surface area (Å²) in [5.74, 6) is 6.03. The predicted octanol–water partition coefficient (Wildman–Crippen LogP) is 2.40. The number of rotatable bonds is 4. The van der Waals surface area contributed by atoms with Gasteiger partial charge in [-0.3, -0.25) is 10.2 Å². The fourth-order valence-corrected chi connectivity index (χ4v) is 2.14. The third-order valence-electron chi connectivity index (χ3n) is 2.78. The van der Waals surface area contributed by atoms with Crippen LogP contribution in [-0.4, -0.2) is 5.91 Å². The van der Waals surface area contributed by atoms with Crippen molar-refractivity contribution in [1.82, 2.24) is 5.43 Å². The molecule has 1 aromatic heterocycles. The first-order valence-corrected chi connectivity index (χ1v) is 6.77. The average Bonchev–Trinajstić information content (AvgIpc) is 2.86. The van der Waals surface area contributed by atoms with Crippen molar-refractivity contribution in [2.24, 2.45) is 5.84 Å². The van der Waals surface area contributed by atoms with Gasteiger partial charge in [-0.05, 0) is 31.2 Å². The summed E-state index contributed by atoms with van der Waals surface area (Å²) in [5, 5.41) is 9.05. The predicted molar refractivity (Wildman–Crippen MR) is 78.3 cm³/mol. The third-order valence-corrected chi connectivity index (χ3v) is 3.27. The molecule has 3 N–H and O–H groups in total. The van der Waals surface area contributed by atoms with Crippen LogP contribution in [0.2, 0.25) is 0 Å². The summed E-state index contributed by atoms with van der Waals surface area (Å²) in [6.07, 6.45) is 0. The second kappa shape index (κ2) is 6.43. The molecule has 0 aliphatic carbocycles. The molecule has 0 saturated carbocycles. The fourth-order valence-electron chi connectivity index (χ4n) is 1.78. The molecule has 1 aromatic carbocycles. The van der Waals surface area contributed by atoms with Crippen LogP contribution in [0.1, 0.15) is 27.4 Å². The highest BCUT2D eigenvalue weighted by molar-refractivity contribution is 9.10. The summed E-state index contributed by atoms with van der Waals surface area (Å²) >= 11 is 3.29. The first-order chi connectivity index (χ1) is 10.0. The van der Waals surface area contributed by atoms with Crippen LogP contribution in [0.5, 0.6) is 5.75 Å². The Morgan fingerprint density at radius 1 is 1.52 bits per heavy atom. The van der Waals surface area contributed by atoms with E-state index in [1.165, 1.54) is 0 Å². The third kappa shape index (κ3) is 3.42. The normalized spacial score (nSPS) is 10.0. The van der Waals surface area contributed by atoms with Gasteiger partial charge in [0.25, 0.3) is 5.91 Å².